The summed E-state index contributed by atoms with van der Waals surface area (Å²) in [6.07, 6.45) is 1.07. The zero-order valence-corrected chi connectivity index (χ0v) is 21.7. The van der Waals surface area contributed by atoms with E-state index in [0.717, 1.165) is 19.5 Å². The Morgan fingerprint density at radius 1 is 1.08 bits per heavy atom. The lowest BCUT2D eigenvalue weighted by Gasteiger charge is -2.38. The topological polar surface area (TPSA) is 75.0 Å². The van der Waals surface area contributed by atoms with E-state index in [-0.39, 0.29) is 11.7 Å². The Balaban J connectivity index is 1.32. The Morgan fingerprint density at radius 2 is 1.79 bits per heavy atom. The van der Waals surface area contributed by atoms with Crippen molar-refractivity contribution in [3.05, 3.63) is 72.7 Å². The van der Waals surface area contributed by atoms with Crippen LogP contribution in [0.2, 0.25) is 0 Å². The number of piperazine rings is 1. The molecule has 1 aliphatic rings. The van der Waals surface area contributed by atoms with Crippen LogP contribution < -0.4 is 15.0 Å². The average molecular weight is 539 g/mol. The Hall–Kier alpha value is -4.28. The first-order valence-corrected chi connectivity index (χ1v) is 12.8. The van der Waals surface area contributed by atoms with Gasteiger partial charge in [-0.15, -0.1) is 13.2 Å². The Morgan fingerprint density at radius 3 is 2.49 bits per heavy atom. The number of imidazole rings is 1. The molecule has 1 atom stereocenters. The van der Waals surface area contributed by atoms with Crippen molar-refractivity contribution >= 4 is 23.1 Å². The highest BCUT2D eigenvalue weighted by molar-refractivity contribution is 5.87. The molecule has 0 aliphatic carbocycles. The van der Waals surface area contributed by atoms with E-state index < -0.39 is 12.4 Å². The van der Waals surface area contributed by atoms with E-state index in [0.29, 0.717) is 35.8 Å². The number of carbonyl (C=O) groups is 1. The summed E-state index contributed by atoms with van der Waals surface area (Å²) in [6.45, 7) is 6.64. The summed E-state index contributed by atoms with van der Waals surface area (Å²) in [5.74, 6) is 0.186. The number of fused-ring (bicyclic) bond motifs is 1. The van der Waals surface area contributed by atoms with Crippen molar-refractivity contribution in [3.8, 4) is 17.0 Å². The summed E-state index contributed by atoms with van der Waals surface area (Å²) < 4.78 is 43.5. The lowest BCUT2D eigenvalue weighted by atomic mass is 10.1. The molecule has 0 spiro atoms. The van der Waals surface area contributed by atoms with E-state index >= 15 is 0 Å². The highest BCUT2D eigenvalue weighted by Crippen LogP contribution is 2.32. The largest absolute Gasteiger partial charge is 0.573 e. The average Bonchev–Trinajstić information content (AvgIpc) is 3.30. The SMILES string of the molecule is CCc1ccccc1N1CCN(C(=O)C(C)Nc2c(-c3ccc(OC(F)(F)F)cc3)nc3cnccn23)CC1. The molecule has 5 rings (SSSR count). The molecule has 0 radical (unpaired) electrons. The van der Waals surface area contributed by atoms with Gasteiger partial charge in [0.2, 0.25) is 5.91 Å². The maximum atomic E-state index is 13.4. The van der Waals surface area contributed by atoms with Crippen LogP contribution in [-0.2, 0) is 11.2 Å². The molecule has 1 saturated heterocycles. The highest BCUT2D eigenvalue weighted by atomic mass is 19.4. The van der Waals surface area contributed by atoms with Crippen LogP contribution in [0.25, 0.3) is 16.9 Å². The molecule has 8 nitrogen and oxygen atoms in total. The second kappa shape index (κ2) is 10.8. The van der Waals surface area contributed by atoms with Gasteiger partial charge in [-0.05, 0) is 49.2 Å². The van der Waals surface area contributed by atoms with E-state index in [1.165, 1.54) is 35.5 Å². The number of aromatic nitrogens is 3. The number of nitrogens with one attached hydrogen (secondary N) is 1. The minimum absolute atomic E-state index is 0.0395. The molecule has 1 unspecified atom stereocenters. The number of hydrogen-bond donors (Lipinski definition) is 1. The van der Waals surface area contributed by atoms with Gasteiger partial charge in [-0.2, -0.15) is 0 Å². The smallest absolute Gasteiger partial charge is 0.406 e. The number of hydrogen-bond acceptors (Lipinski definition) is 6. The zero-order chi connectivity index (χ0) is 27.6. The van der Waals surface area contributed by atoms with Gasteiger partial charge in [0.25, 0.3) is 0 Å². The van der Waals surface area contributed by atoms with E-state index in [1.54, 1.807) is 29.9 Å². The highest BCUT2D eigenvalue weighted by Gasteiger charge is 2.31. The third-order valence-electron chi connectivity index (χ3n) is 6.82. The Labute approximate surface area is 224 Å². The van der Waals surface area contributed by atoms with E-state index in [9.17, 15) is 18.0 Å². The van der Waals surface area contributed by atoms with Crippen molar-refractivity contribution in [2.75, 3.05) is 36.4 Å². The number of benzene rings is 2. The summed E-state index contributed by atoms with van der Waals surface area (Å²) in [5, 5.41) is 3.30. The number of anilines is 2. The summed E-state index contributed by atoms with van der Waals surface area (Å²) in [6, 6.07) is 13.3. The van der Waals surface area contributed by atoms with Crippen LogP contribution >= 0.6 is 0 Å². The number of para-hydroxylation sites is 1. The number of ether oxygens (including phenoxy) is 1. The third-order valence-corrected chi connectivity index (χ3v) is 6.82. The van der Waals surface area contributed by atoms with Gasteiger partial charge in [-0.3, -0.25) is 14.2 Å². The molecule has 4 aromatic rings. The molecule has 1 amide bonds. The Bertz CT molecular complexity index is 1450. The molecule has 2 aromatic carbocycles. The van der Waals surface area contributed by atoms with Crippen molar-refractivity contribution in [2.24, 2.45) is 0 Å². The first-order chi connectivity index (χ1) is 18.7. The first-order valence-electron chi connectivity index (χ1n) is 12.8. The summed E-state index contributed by atoms with van der Waals surface area (Å²) in [7, 11) is 0. The Kier molecular flexibility index (Phi) is 7.32. The van der Waals surface area contributed by atoms with Crippen LogP contribution in [0.4, 0.5) is 24.7 Å². The molecule has 1 fully saturated rings. The standard InChI is InChI=1S/C28H29F3N6O2/c1-3-20-6-4-5-7-23(20)35-14-16-36(17-15-35)27(38)19(2)33-26-25(34-24-18-32-12-13-37(24)26)21-8-10-22(11-9-21)39-28(29,30)31/h4-13,18-19,33H,3,14-17H2,1-2H3. The second-order valence-corrected chi connectivity index (χ2v) is 9.35. The molecule has 1 aliphatic heterocycles. The van der Waals surface area contributed by atoms with Gasteiger partial charge in [0.05, 0.1) is 6.20 Å². The molecule has 1 N–H and O–H groups in total. The number of nitrogens with zero attached hydrogens (tertiary/aromatic N) is 5. The van der Waals surface area contributed by atoms with Crippen LogP contribution in [0, 0.1) is 0 Å². The van der Waals surface area contributed by atoms with Crippen molar-refractivity contribution in [1.82, 2.24) is 19.3 Å². The molecule has 2 aromatic heterocycles. The van der Waals surface area contributed by atoms with Gasteiger partial charge in [0, 0.05) is 49.8 Å². The summed E-state index contributed by atoms with van der Waals surface area (Å²) in [5.41, 5.74) is 4.10. The summed E-state index contributed by atoms with van der Waals surface area (Å²) in [4.78, 5) is 26.3. The number of halogens is 3. The van der Waals surface area contributed by atoms with Crippen molar-refractivity contribution in [3.63, 3.8) is 0 Å². The van der Waals surface area contributed by atoms with Crippen LogP contribution in [0.5, 0.6) is 5.75 Å². The minimum Gasteiger partial charge on any atom is -0.406 e. The fourth-order valence-electron chi connectivity index (χ4n) is 4.89. The molecule has 3 heterocycles. The van der Waals surface area contributed by atoms with Gasteiger partial charge in [0.15, 0.2) is 5.65 Å². The minimum atomic E-state index is -4.77. The van der Waals surface area contributed by atoms with Crippen LogP contribution in [0.15, 0.2) is 67.1 Å². The van der Waals surface area contributed by atoms with E-state index in [2.05, 4.69) is 44.0 Å². The molecule has 11 heteroatoms. The van der Waals surface area contributed by atoms with E-state index in [4.69, 9.17) is 0 Å². The van der Waals surface area contributed by atoms with Gasteiger partial charge in [0.1, 0.15) is 23.3 Å². The van der Waals surface area contributed by atoms with Gasteiger partial charge in [-0.1, -0.05) is 25.1 Å². The number of aryl methyl sites for hydroxylation is 1. The fourth-order valence-corrected chi connectivity index (χ4v) is 4.89. The lowest BCUT2D eigenvalue weighted by molar-refractivity contribution is -0.274. The van der Waals surface area contributed by atoms with Gasteiger partial charge < -0.3 is 19.9 Å². The predicted molar refractivity (Wildman–Crippen MR) is 143 cm³/mol. The van der Waals surface area contributed by atoms with Crippen molar-refractivity contribution in [1.29, 1.82) is 0 Å². The quantitative estimate of drug-likeness (QED) is 0.357. The first kappa shape index (κ1) is 26.3. The molecular formula is C28H29F3N6O2. The molecule has 39 heavy (non-hydrogen) atoms. The molecule has 0 bridgehead atoms. The predicted octanol–water partition coefficient (Wildman–Crippen LogP) is 5.01. The van der Waals surface area contributed by atoms with Gasteiger partial charge >= 0.3 is 6.36 Å². The molecular weight excluding hydrogens is 509 g/mol. The monoisotopic (exact) mass is 538 g/mol. The fraction of sp³-hybridized carbons (Fsp3) is 0.321. The number of carbonyl (C=O) groups excluding carboxylic acids is 1. The number of rotatable bonds is 7. The zero-order valence-electron chi connectivity index (χ0n) is 21.7. The third kappa shape index (κ3) is 5.76. The number of amides is 1. The second-order valence-electron chi connectivity index (χ2n) is 9.35. The maximum Gasteiger partial charge on any atom is 0.573 e. The van der Waals surface area contributed by atoms with Crippen molar-refractivity contribution < 1.29 is 22.7 Å². The number of alkyl halides is 3. The maximum absolute atomic E-state index is 13.4. The van der Waals surface area contributed by atoms with Crippen molar-refractivity contribution in [2.45, 2.75) is 32.7 Å². The molecule has 0 saturated carbocycles. The summed E-state index contributed by atoms with van der Waals surface area (Å²) >= 11 is 0. The van der Waals surface area contributed by atoms with E-state index in [1.807, 2.05) is 17.0 Å². The van der Waals surface area contributed by atoms with Crippen LogP contribution in [-0.4, -0.2) is 63.8 Å². The lowest BCUT2D eigenvalue weighted by Crippen LogP contribution is -2.52. The van der Waals surface area contributed by atoms with Gasteiger partial charge in [-0.25, -0.2) is 4.98 Å². The molecule has 204 valence electrons. The van der Waals surface area contributed by atoms with Crippen LogP contribution in [0.1, 0.15) is 19.4 Å². The van der Waals surface area contributed by atoms with Crippen LogP contribution in [0.3, 0.4) is 0 Å². The normalized spacial score (nSPS) is 14.9.